The fourth-order valence-corrected chi connectivity index (χ4v) is 2.78. The van der Waals surface area contributed by atoms with E-state index < -0.39 is 46.0 Å². The molecule has 0 atom stereocenters. The molecule has 0 aliphatic carbocycles. The Kier molecular flexibility index (Phi) is 4.93. The number of nitrogens with one attached hydrogen (secondary N) is 1. The van der Waals surface area contributed by atoms with Crippen LogP contribution >= 0.6 is 0 Å². The molecule has 0 fully saturated rings. The highest BCUT2D eigenvalue weighted by Gasteiger charge is 2.31. The highest BCUT2D eigenvalue weighted by Crippen LogP contribution is 2.31. The summed E-state index contributed by atoms with van der Waals surface area (Å²) in [4.78, 5) is 25.1. The summed E-state index contributed by atoms with van der Waals surface area (Å²) in [6, 6.07) is 5.04. The van der Waals surface area contributed by atoms with Crippen molar-refractivity contribution >= 4 is 22.5 Å². The summed E-state index contributed by atoms with van der Waals surface area (Å²) < 4.78 is 67.4. The first-order valence-electron chi connectivity index (χ1n) is 8.12. The lowest BCUT2D eigenvalue weighted by Gasteiger charge is -2.14. The normalized spacial score (nSPS) is 11.6. The minimum Gasteiger partial charge on any atom is -0.347 e. The zero-order chi connectivity index (χ0) is 20.6. The summed E-state index contributed by atoms with van der Waals surface area (Å²) in [7, 11) is 0. The molecular weight excluding hydrogens is 383 g/mol. The van der Waals surface area contributed by atoms with Crippen molar-refractivity contribution in [2.75, 3.05) is 5.32 Å². The van der Waals surface area contributed by atoms with Gasteiger partial charge in [0, 0.05) is 24.2 Å². The SMILES string of the molecule is CCn1cc(C(=O)Nc2cc(F)ccc2F)c(=O)c2cc(C(F)(F)F)ccc21. The van der Waals surface area contributed by atoms with E-state index in [0.717, 1.165) is 30.3 Å². The third-order valence-electron chi connectivity index (χ3n) is 4.17. The number of pyridine rings is 1. The molecule has 0 unspecified atom stereocenters. The van der Waals surface area contributed by atoms with Gasteiger partial charge >= 0.3 is 6.18 Å². The Balaban J connectivity index is 2.15. The zero-order valence-corrected chi connectivity index (χ0v) is 14.4. The lowest BCUT2D eigenvalue weighted by atomic mass is 10.1. The van der Waals surface area contributed by atoms with Crippen LogP contribution in [0.4, 0.5) is 27.6 Å². The maximum absolute atomic E-state index is 13.7. The van der Waals surface area contributed by atoms with E-state index in [9.17, 15) is 31.5 Å². The second-order valence-electron chi connectivity index (χ2n) is 5.97. The van der Waals surface area contributed by atoms with Gasteiger partial charge in [0.05, 0.1) is 16.8 Å². The number of hydrogen-bond acceptors (Lipinski definition) is 2. The molecule has 1 heterocycles. The lowest BCUT2D eigenvalue weighted by molar-refractivity contribution is -0.137. The highest BCUT2D eigenvalue weighted by atomic mass is 19.4. The lowest BCUT2D eigenvalue weighted by Crippen LogP contribution is -2.24. The van der Waals surface area contributed by atoms with E-state index in [-0.39, 0.29) is 17.4 Å². The fraction of sp³-hybridized carbons (Fsp3) is 0.158. The van der Waals surface area contributed by atoms with Crippen molar-refractivity contribution in [3.05, 3.63) is 75.6 Å². The van der Waals surface area contributed by atoms with Crippen molar-refractivity contribution in [1.29, 1.82) is 0 Å². The van der Waals surface area contributed by atoms with Crippen molar-refractivity contribution in [2.45, 2.75) is 19.6 Å². The predicted octanol–water partition coefficient (Wildman–Crippen LogP) is 4.57. The Morgan fingerprint density at radius 3 is 2.46 bits per heavy atom. The van der Waals surface area contributed by atoms with Crippen LogP contribution in [0.25, 0.3) is 10.9 Å². The highest BCUT2D eigenvalue weighted by molar-refractivity contribution is 6.05. The Hall–Kier alpha value is -3.23. The van der Waals surface area contributed by atoms with Gasteiger partial charge in [-0.3, -0.25) is 9.59 Å². The van der Waals surface area contributed by atoms with Gasteiger partial charge in [-0.2, -0.15) is 13.2 Å². The van der Waals surface area contributed by atoms with E-state index in [0.29, 0.717) is 6.07 Å². The number of halogens is 5. The maximum atomic E-state index is 13.7. The second kappa shape index (κ2) is 7.06. The molecule has 28 heavy (non-hydrogen) atoms. The molecule has 0 saturated heterocycles. The van der Waals surface area contributed by atoms with Crippen molar-refractivity contribution < 1.29 is 26.7 Å². The number of aryl methyl sites for hydroxylation is 1. The molecule has 3 aromatic rings. The number of nitrogens with zero attached hydrogens (tertiary/aromatic N) is 1. The maximum Gasteiger partial charge on any atom is 0.416 e. The predicted molar refractivity (Wildman–Crippen MR) is 93.2 cm³/mol. The molecule has 1 N–H and O–H groups in total. The fourth-order valence-electron chi connectivity index (χ4n) is 2.78. The molecule has 4 nitrogen and oxygen atoms in total. The van der Waals surface area contributed by atoms with Crippen molar-refractivity contribution in [3.63, 3.8) is 0 Å². The van der Waals surface area contributed by atoms with Gasteiger partial charge in [-0.05, 0) is 37.3 Å². The molecular formula is C19H13F5N2O2. The van der Waals surface area contributed by atoms with Crippen LogP contribution in [-0.2, 0) is 12.7 Å². The first kappa shape index (κ1) is 19.5. The zero-order valence-electron chi connectivity index (χ0n) is 14.4. The number of carbonyl (C=O) groups is 1. The van der Waals surface area contributed by atoms with Crippen LogP contribution < -0.4 is 10.7 Å². The van der Waals surface area contributed by atoms with Gasteiger partial charge in [0.1, 0.15) is 17.2 Å². The van der Waals surface area contributed by atoms with Gasteiger partial charge in [-0.1, -0.05) is 0 Å². The molecule has 146 valence electrons. The summed E-state index contributed by atoms with van der Waals surface area (Å²) in [5.74, 6) is -2.79. The molecule has 1 amide bonds. The van der Waals surface area contributed by atoms with Crippen molar-refractivity contribution in [1.82, 2.24) is 4.57 Å². The topological polar surface area (TPSA) is 51.1 Å². The third-order valence-corrected chi connectivity index (χ3v) is 4.17. The summed E-state index contributed by atoms with van der Waals surface area (Å²) in [5, 5.41) is 1.78. The van der Waals surface area contributed by atoms with E-state index >= 15 is 0 Å². The molecule has 0 bridgehead atoms. The van der Waals surface area contributed by atoms with Gasteiger partial charge < -0.3 is 9.88 Å². The van der Waals surface area contributed by atoms with Crippen LogP contribution in [0.1, 0.15) is 22.8 Å². The number of benzene rings is 2. The summed E-state index contributed by atoms with van der Waals surface area (Å²) in [5.41, 5.74) is -2.74. The van der Waals surface area contributed by atoms with Crippen LogP contribution in [0.3, 0.4) is 0 Å². The molecule has 0 aliphatic heterocycles. The average molecular weight is 396 g/mol. The molecule has 0 saturated carbocycles. The van der Waals surface area contributed by atoms with Gasteiger partial charge in [0.2, 0.25) is 5.43 Å². The third kappa shape index (κ3) is 3.60. The number of aromatic nitrogens is 1. The van der Waals surface area contributed by atoms with Gasteiger partial charge in [0.25, 0.3) is 5.91 Å². The van der Waals surface area contributed by atoms with Crippen LogP contribution in [0.5, 0.6) is 0 Å². The Bertz CT molecular complexity index is 1140. The molecule has 9 heteroatoms. The number of anilines is 1. The summed E-state index contributed by atoms with van der Waals surface area (Å²) >= 11 is 0. The van der Waals surface area contributed by atoms with Crippen molar-refractivity contribution in [3.8, 4) is 0 Å². The molecule has 2 aromatic carbocycles. The van der Waals surface area contributed by atoms with Crippen LogP contribution in [0.2, 0.25) is 0 Å². The van der Waals surface area contributed by atoms with Gasteiger partial charge in [0.15, 0.2) is 0 Å². The number of rotatable bonds is 3. The molecule has 0 spiro atoms. The van der Waals surface area contributed by atoms with Crippen molar-refractivity contribution in [2.24, 2.45) is 0 Å². The van der Waals surface area contributed by atoms with Crippen LogP contribution in [0.15, 0.2) is 47.4 Å². The number of hydrogen-bond donors (Lipinski definition) is 1. The first-order chi connectivity index (χ1) is 13.1. The number of fused-ring (bicyclic) bond motifs is 1. The Morgan fingerprint density at radius 2 is 1.82 bits per heavy atom. The van der Waals surface area contributed by atoms with E-state index in [4.69, 9.17) is 0 Å². The number of carbonyl (C=O) groups excluding carboxylic acids is 1. The standard InChI is InChI=1S/C19H13F5N2O2/c1-2-26-9-13(18(28)25-15-8-11(20)4-5-14(15)21)17(27)12-7-10(19(22,23)24)3-6-16(12)26/h3-9H,2H2,1H3,(H,25,28). The number of amides is 1. The molecule has 0 radical (unpaired) electrons. The molecule has 0 aliphatic rings. The summed E-state index contributed by atoms with van der Waals surface area (Å²) in [6.45, 7) is 1.94. The van der Waals surface area contributed by atoms with Crippen LogP contribution in [-0.4, -0.2) is 10.5 Å². The Morgan fingerprint density at radius 1 is 1.11 bits per heavy atom. The number of alkyl halides is 3. The van der Waals surface area contributed by atoms with Crippen LogP contribution in [0, 0.1) is 11.6 Å². The molecule has 1 aromatic heterocycles. The summed E-state index contributed by atoms with van der Waals surface area (Å²) in [6.07, 6.45) is -3.49. The molecule has 3 rings (SSSR count). The van der Waals surface area contributed by atoms with E-state index in [1.807, 2.05) is 0 Å². The quantitative estimate of drug-likeness (QED) is 0.660. The smallest absolute Gasteiger partial charge is 0.347 e. The first-order valence-corrected chi connectivity index (χ1v) is 8.12. The van der Waals surface area contributed by atoms with E-state index in [1.165, 1.54) is 10.8 Å². The van der Waals surface area contributed by atoms with Gasteiger partial charge in [-0.15, -0.1) is 0 Å². The van der Waals surface area contributed by atoms with E-state index in [2.05, 4.69) is 5.32 Å². The van der Waals surface area contributed by atoms with Gasteiger partial charge in [-0.25, -0.2) is 8.78 Å². The minimum absolute atomic E-state index is 0.217. The largest absolute Gasteiger partial charge is 0.416 e. The monoisotopic (exact) mass is 396 g/mol. The minimum atomic E-state index is -4.67. The Labute approximate surface area is 155 Å². The second-order valence-corrected chi connectivity index (χ2v) is 5.97. The average Bonchev–Trinajstić information content (AvgIpc) is 2.64. The van der Waals surface area contributed by atoms with E-state index in [1.54, 1.807) is 6.92 Å².